The first-order chi connectivity index (χ1) is 15.5. The van der Waals surface area contributed by atoms with Crippen LogP contribution in [0.25, 0.3) is 28.2 Å². The maximum atomic E-state index is 13.1. The number of morpholine rings is 1. The molecule has 1 amide bonds. The van der Waals surface area contributed by atoms with Crippen LogP contribution in [0.2, 0.25) is 15.1 Å². The minimum atomic E-state index is -0.0825. The second-order valence-corrected chi connectivity index (χ2v) is 8.78. The summed E-state index contributed by atoms with van der Waals surface area (Å²) in [5.74, 6) is -0.0825. The molecule has 1 saturated heterocycles. The largest absolute Gasteiger partial charge is 0.378 e. The predicted octanol–water partition coefficient (Wildman–Crippen LogP) is 6.10. The lowest BCUT2D eigenvalue weighted by Gasteiger charge is -2.27. The van der Waals surface area contributed by atoms with Crippen molar-refractivity contribution < 1.29 is 9.53 Å². The number of ether oxygens (including phenoxy) is 1. The molecule has 4 aromatic rings. The molecule has 5 nitrogen and oxygen atoms in total. The lowest BCUT2D eigenvalue weighted by molar-refractivity contribution is 0.0302. The minimum absolute atomic E-state index is 0.0825. The second-order valence-electron chi connectivity index (χ2n) is 7.50. The molecule has 0 aliphatic carbocycles. The molecule has 0 bridgehead atoms. The molecular weight excluding hydrogens is 469 g/mol. The normalized spacial score (nSPS) is 14.2. The van der Waals surface area contributed by atoms with E-state index in [1.54, 1.807) is 17.2 Å². The molecule has 0 radical (unpaired) electrons. The smallest absolute Gasteiger partial charge is 0.255 e. The first kappa shape index (κ1) is 21.3. The SMILES string of the molecule is O=C(c1cc(Cl)c2nc(-c3ccc(Cl)cc3)c(-c3ccc(Cl)cc3)n2c1)N1CCOCC1. The van der Waals surface area contributed by atoms with E-state index in [2.05, 4.69) is 0 Å². The van der Waals surface area contributed by atoms with E-state index in [-0.39, 0.29) is 5.91 Å². The van der Waals surface area contributed by atoms with Crippen LogP contribution >= 0.6 is 34.8 Å². The molecule has 1 aliphatic heterocycles. The van der Waals surface area contributed by atoms with Gasteiger partial charge >= 0.3 is 0 Å². The number of halogens is 3. The summed E-state index contributed by atoms with van der Waals surface area (Å²) >= 11 is 18.9. The van der Waals surface area contributed by atoms with Gasteiger partial charge in [-0.05, 0) is 30.3 Å². The second kappa shape index (κ2) is 8.75. The van der Waals surface area contributed by atoms with Gasteiger partial charge in [-0.15, -0.1) is 0 Å². The van der Waals surface area contributed by atoms with E-state index in [1.807, 2.05) is 52.9 Å². The van der Waals surface area contributed by atoms with Gasteiger partial charge in [-0.25, -0.2) is 4.98 Å². The molecule has 32 heavy (non-hydrogen) atoms. The minimum Gasteiger partial charge on any atom is -0.378 e. The summed E-state index contributed by atoms with van der Waals surface area (Å²) in [6.07, 6.45) is 1.80. The Balaban J connectivity index is 1.72. The fourth-order valence-corrected chi connectivity index (χ4v) is 4.37. The van der Waals surface area contributed by atoms with E-state index in [0.717, 1.165) is 22.5 Å². The molecule has 5 rings (SSSR count). The van der Waals surface area contributed by atoms with Crippen LogP contribution in [-0.4, -0.2) is 46.5 Å². The zero-order valence-electron chi connectivity index (χ0n) is 16.9. The van der Waals surface area contributed by atoms with Crippen molar-refractivity contribution in [3.63, 3.8) is 0 Å². The number of amides is 1. The summed E-state index contributed by atoms with van der Waals surface area (Å²) in [6.45, 7) is 2.17. The fourth-order valence-electron chi connectivity index (χ4n) is 3.86. The Morgan fingerprint density at radius 1 is 0.875 bits per heavy atom. The van der Waals surface area contributed by atoms with Crippen molar-refractivity contribution in [2.75, 3.05) is 26.3 Å². The van der Waals surface area contributed by atoms with Crippen LogP contribution in [0.5, 0.6) is 0 Å². The lowest BCUT2D eigenvalue weighted by Crippen LogP contribution is -2.40. The van der Waals surface area contributed by atoms with Crippen molar-refractivity contribution in [2.24, 2.45) is 0 Å². The number of carbonyl (C=O) groups excluding carboxylic acids is 1. The maximum Gasteiger partial charge on any atom is 0.255 e. The molecule has 3 heterocycles. The van der Waals surface area contributed by atoms with Crippen molar-refractivity contribution in [3.8, 4) is 22.5 Å². The molecule has 8 heteroatoms. The van der Waals surface area contributed by atoms with Crippen molar-refractivity contribution >= 4 is 46.4 Å². The van der Waals surface area contributed by atoms with E-state index in [0.29, 0.717) is 52.6 Å². The molecular formula is C24H18Cl3N3O2. The predicted molar refractivity (Wildman–Crippen MR) is 128 cm³/mol. The fraction of sp³-hybridized carbons (Fsp3) is 0.167. The average molecular weight is 487 g/mol. The Morgan fingerprint density at radius 3 is 2.09 bits per heavy atom. The third-order valence-corrected chi connectivity index (χ3v) is 6.24. The van der Waals surface area contributed by atoms with Crippen LogP contribution in [0, 0.1) is 0 Å². The number of pyridine rings is 1. The molecule has 0 saturated carbocycles. The highest BCUT2D eigenvalue weighted by Gasteiger charge is 2.23. The van der Waals surface area contributed by atoms with E-state index >= 15 is 0 Å². The van der Waals surface area contributed by atoms with Crippen molar-refractivity contribution in [1.82, 2.24) is 14.3 Å². The van der Waals surface area contributed by atoms with Crippen molar-refractivity contribution in [1.29, 1.82) is 0 Å². The van der Waals surface area contributed by atoms with Gasteiger partial charge in [-0.2, -0.15) is 0 Å². The third-order valence-electron chi connectivity index (χ3n) is 5.46. The van der Waals surface area contributed by atoms with Crippen LogP contribution < -0.4 is 0 Å². The summed E-state index contributed by atoms with van der Waals surface area (Å²) < 4.78 is 7.25. The number of aromatic nitrogens is 2. The number of carbonyl (C=O) groups is 1. The van der Waals surface area contributed by atoms with E-state index in [4.69, 9.17) is 44.5 Å². The summed E-state index contributed by atoms with van der Waals surface area (Å²) in [4.78, 5) is 19.8. The summed E-state index contributed by atoms with van der Waals surface area (Å²) in [5, 5.41) is 1.68. The van der Waals surface area contributed by atoms with Gasteiger partial charge in [0.15, 0.2) is 5.65 Å². The Bertz CT molecular complexity index is 1300. The quantitative estimate of drug-likeness (QED) is 0.351. The maximum absolute atomic E-state index is 13.1. The molecule has 2 aromatic carbocycles. The summed E-state index contributed by atoms with van der Waals surface area (Å²) in [6, 6.07) is 16.7. The molecule has 162 valence electrons. The molecule has 0 spiro atoms. The van der Waals surface area contributed by atoms with Crippen LogP contribution in [0.4, 0.5) is 0 Å². The first-order valence-corrected chi connectivity index (χ1v) is 11.2. The number of hydrogen-bond donors (Lipinski definition) is 0. The Kier molecular flexibility index (Phi) is 5.82. The number of fused-ring (bicyclic) bond motifs is 1. The molecule has 1 aliphatic rings. The van der Waals surface area contributed by atoms with Crippen LogP contribution in [0.1, 0.15) is 10.4 Å². The van der Waals surface area contributed by atoms with Crippen LogP contribution in [0.15, 0.2) is 60.8 Å². The lowest BCUT2D eigenvalue weighted by atomic mass is 10.0. The van der Waals surface area contributed by atoms with E-state index < -0.39 is 0 Å². The average Bonchev–Trinajstić information content (AvgIpc) is 3.20. The van der Waals surface area contributed by atoms with Crippen molar-refractivity contribution in [3.05, 3.63) is 81.4 Å². The number of benzene rings is 2. The number of rotatable bonds is 3. The summed E-state index contributed by atoms with van der Waals surface area (Å²) in [5.41, 5.74) is 4.42. The van der Waals surface area contributed by atoms with Gasteiger partial charge in [-0.3, -0.25) is 9.20 Å². The standard InChI is InChI=1S/C24H18Cl3N3O2/c25-18-5-1-15(2-6-18)21-22(16-3-7-19(26)8-4-16)30-14-17(13-20(27)23(30)28-21)24(31)29-9-11-32-12-10-29/h1-8,13-14H,9-12H2. The Hall–Kier alpha value is -2.57. The van der Waals surface area contributed by atoms with Crippen LogP contribution in [-0.2, 0) is 4.74 Å². The molecule has 0 atom stereocenters. The van der Waals surface area contributed by atoms with Gasteiger partial charge in [0.05, 0.1) is 35.2 Å². The number of hydrogen-bond acceptors (Lipinski definition) is 3. The highest BCUT2D eigenvalue weighted by atomic mass is 35.5. The highest BCUT2D eigenvalue weighted by molar-refractivity contribution is 6.34. The van der Waals surface area contributed by atoms with Gasteiger partial charge in [0, 0.05) is 40.5 Å². The van der Waals surface area contributed by atoms with E-state index in [1.165, 1.54) is 0 Å². The topological polar surface area (TPSA) is 46.8 Å². The molecule has 1 fully saturated rings. The van der Waals surface area contributed by atoms with Gasteiger partial charge in [0.25, 0.3) is 5.91 Å². The van der Waals surface area contributed by atoms with Gasteiger partial charge in [0.1, 0.15) is 0 Å². The highest BCUT2D eigenvalue weighted by Crippen LogP contribution is 2.36. The monoisotopic (exact) mass is 485 g/mol. The van der Waals surface area contributed by atoms with Crippen molar-refractivity contribution in [2.45, 2.75) is 0 Å². The summed E-state index contributed by atoms with van der Waals surface area (Å²) in [7, 11) is 0. The first-order valence-electron chi connectivity index (χ1n) is 10.1. The molecule has 0 unspecified atom stereocenters. The zero-order chi connectivity index (χ0) is 22.2. The van der Waals surface area contributed by atoms with Gasteiger partial charge in [-0.1, -0.05) is 59.1 Å². The zero-order valence-corrected chi connectivity index (χ0v) is 19.2. The number of imidazole rings is 1. The Labute approximate surface area is 200 Å². The third kappa shape index (κ3) is 3.97. The van der Waals surface area contributed by atoms with Gasteiger partial charge < -0.3 is 9.64 Å². The van der Waals surface area contributed by atoms with E-state index in [9.17, 15) is 4.79 Å². The Morgan fingerprint density at radius 2 is 1.47 bits per heavy atom. The number of nitrogens with zero attached hydrogens (tertiary/aromatic N) is 3. The van der Waals surface area contributed by atoms with Crippen LogP contribution in [0.3, 0.4) is 0 Å². The molecule has 2 aromatic heterocycles. The van der Waals surface area contributed by atoms with Gasteiger partial charge in [0.2, 0.25) is 0 Å². The molecule has 0 N–H and O–H groups in total.